The van der Waals surface area contributed by atoms with Crippen LogP contribution in [-0.4, -0.2) is 13.1 Å². The molecule has 0 aromatic heterocycles. The molecule has 3 nitrogen and oxygen atoms in total. The molecular weight excluding hydrogens is 272 g/mol. The Balaban J connectivity index is 3.16. The van der Waals surface area contributed by atoms with Crippen molar-refractivity contribution in [3.05, 3.63) is 33.8 Å². The van der Waals surface area contributed by atoms with E-state index in [2.05, 4.69) is 20.7 Å². The van der Waals surface area contributed by atoms with Gasteiger partial charge in [-0.25, -0.2) is 8.78 Å². The first-order chi connectivity index (χ1) is 6.99. The van der Waals surface area contributed by atoms with Crippen LogP contribution < -0.4 is 5.73 Å². The van der Waals surface area contributed by atoms with E-state index in [0.29, 0.717) is 0 Å². The van der Waals surface area contributed by atoms with Gasteiger partial charge >= 0.3 is 5.97 Å². The van der Waals surface area contributed by atoms with E-state index in [-0.39, 0.29) is 10.0 Å². The van der Waals surface area contributed by atoms with Crippen molar-refractivity contribution in [2.24, 2.45) is 5.73 Å². The lowest BCUT2D eigenvalue weighted by Gasteiger charge is -2.11. The third-order valence-corrected chi connectivity index (χ3v) is 2.58. The van der Waals surface area contributed by atoms with Gasteiger partial charge in [0.25, 0.3) is 0 Å². The fourth-order valence-corrected chi connectivity index (χ4v) is 1.40. The van der Waals surface area contributed by atoms with Crippen molar-refractivity contribution >= 4 is 21.9 Å². The molecule has 0 aliphatic carbocycles. The van der Waals surface area contributed by atoms with Crippen LogP contribution in [0.4, 0.5) is 8.78 Å². The number of ether oxygens (including phenoxy) is 1. The van der Waals surface area contributed by atoms with Crippen LogP contribution >= 0.6 is 15.9 Å². The van der Waals surface area contributed by atoms with Crippen LogP contribution in [-0.2, 0) is 9.53 Å². The molecule has 0 spiro atoms. The second-order valence-electron chi connectivity index (χ2n) is 2.77. The molecule has 0 bridgehead atoms. The van der Waals surface area contributed by atoms with E-state index in [1.807, 2.05) is 0 Å². The SMILES string of the molecule is COC(=O)C(N)c1ccc(F)c(Br)c1F. The van der Waals surface area contributed by atoms with E-state index >= 15 is 0 Å². The maximum Gasteiger partial charge on any atom is 0.327 e. The fourth-order valence-electron chi connectivity index (χ4n) is 1.03. The highest BCUT2D eigenvalue weighted by atomic mass is 79.9. The van der Waals surface area contributed by atoms with Gasteiger partial charge in [-0.15, -0.1) is 0 Å². The van der Waals surface area contributed by atoms with Crippen molar-refractivity contribution < 1.29 is 18.3 Å². The number of rotatable bonds is 2. The average molecular weight is 280 g/mol. The van der Waals surface area contributed by atoms with E-state index in [1.54, 1.807) is 0 Å². The molecule has 1 aromatic carbocycles. The highest BCUT2D eigenvalue weighted by Gasteiger charge is 2.22. The van der Waals surface area contributed by atoms with Crippen molar-refractivity contribution in [2.45, 2.75) is 6.04 Å². The van der Waals surface area contributed by atoms with E-state index in [0.717, 1.165) is 19.2 Å². The molecule has 1 atom stereocenters. The third-order valence-electron chi connectivity index (χ3n) is 1.86. The Bertz CT molecular complexity index is 398. The van der Waals surface area contributed by atoms with Crippen molar-refractivity contribution in [3.63, 3.8) is 0 Å². The Hall–Kier alpha value is -1.01. The second-order valence-corrected chi connectivity index (χ2v) is 3.56. The minimum absolute atomic E-state index is 0.116. The van der Waals surface area contributed by atoms with Gasteiger partial charge in [-0.1, -0.05) is 6.07 Å². The summed E-state index contributed by atoms with van der Waals surface area (Å²) < 4.78 is 30.3. The highest BCUT2D eigenvalue weighted by molar-refractivity contribution is 9.10. The van der Waals surface area contributed by atoms with E-state index in [1.165, 1.54) is 0 Å². The summed E-state index contributed by atoms with van der Waals surface area (Å²) in [6.45, 7) is 0. The molecule has 15 heavy (non-hydrogen) atoms. The Morgan fingerprint density at radius 1 is 1.53 bits per heavy atom. The van der Waals surface area contributed by atoms with Gasteiger partial charge in [0.2, 0.25) is 0 Å². The van der Waals surface area contributed by atoms with Gasteiger partial charge in [-0.2, -0.15) is 0 Å². The summed E-state index contributed by atoms with van der Waals surface area (Å²) in [6, 6.07) is 0.870. The predicted molar refractivity (Wildman–Crippen MR) is 53.0 cm³/mol. The summed E-state index contributed by atoms with van der Waals surface area (Å²) in [6.07, 6.45) is 0. The van der Waals surface area contributed by atoms with Gasteiger partial charge in [0.1, 0.15) is 17.7 Å². The number of hydrogen-bond donors (Lipinski definition) is 1. The smallest absolute Gasteiger partial charge is 0.327 e. The lowest BCUT2D eigenvalue weighted by molar-refractivity contribution is -0.142. The van der Waals surface area contributed by atoms with Gasteiger partial charge in [0, 0.05) is 5.56 Å². The van der Waals surface area contributed by atoms with Gasteiger partial charge in [-0.3, -0.25) is 4.79 Å². The molecule has 0 amide bonds. The quantitative estimate of drug-likeness (QED) is 0.665. The van der Waals surface area contributed by atoms with Crippen molar-refractivity contribution in [1.82, 2.24) is 0 Å². The molecule has 1 aromatic rings. The standard InChI is InChI=1S/C9H8BrF2NO2/c1-15-9(14)8(13)4-2-3-5(11)6(10)7(4)12/h2-3,8H,13H2,1H3. The first kappa shape index (κ1) is 12.1. The summed E-state index contributed by atoms with van der Waals surface area (Å²) in [5, 5.41) is 0. The van der Waals surface area contributed by atoms with Crippen molar-refractivity contribution in [3.8, 4) is 0 Å². The third kappa shape index (κ3) is 2.32. The van der Waals surface area contributed by atoms with Crippen molar-refractivity contribution in [1.29, 1.82) is 0 Å². The van der Waals surface area contributed by atoms with Crippen LogP contribution in [0.2, 0.25) is 0 Å². The zero-order chi connectivity index (χ0) is 11.6. The Morgan fingerprint density at radius 2 is 2.13 bits per heavy atom. The number of halogens is 3. The molecular formula is C9H8BrF2NO2. The monoisotopic (exact) mass is 279 g/mol. The van der Waals surface area contributed by atoms with Crippen molar-refractivity contribution in [2.75, 3.05) is 7.11 Å². The summed E-state index contributed by atoms with van der Waals surface area (Å²) in [5.41, 5.74) is 5.30. The number of methoxy groups -OCH3 is 1. The summed E-state index contributed by atoms with van der Waals surface area (Å²) >= 11 is 2.71. The first-order valence-corrected chi connectivity index (χ1v) is 4.75. The molecule has 82 valence electrons. The Kier molecular flexibility index (Phi) is 3.76. The largest absolute Gasteiger partial charge is 0.468 e. The van der Waals surface area contributed by atoms with Crippen LogP contribution in [0.25, 0.3) is 0 Å². The molecule has 6 heteroatoms. The van der Waals surface area contributed by atoms with Crippen LogP contribution in [0, 0.1) is 11.6 Å². The van der Waals surface area contributed by atoms with Gasteiger partial charge < -0.3 is 10.5 Å². The van der Waals surface area contributed by atoms with Crippen LogP contribution in [0.15, 0.2) is 16.6 Å². The first-order valence-electron chi connectivity index (χ1n) is 3.95. The molecule has 1 unspecified atom stereocenters. The zero-order valence-electron chi connectivity index (χ0n) is 7.76. The predicted octanol–water partition coefficient (Wildman–Crippen LogP) is 1.90. The van der Waals surface area contributed by atoms with Crippen LogP contribution in [0.5, 0.6) is 0 Å². The van der Waals surface area contributed by atoms with Crippen LogP contribution in [0.3, 0.4) is 0 Å². The van der Waals surface area contributed by atoms with Gasteiger partial charge in [0.05, 0.1) is 11.6 Å². The number of esters is 1. The van der Waals surface area contributed by atoms with E-state index in [4.69, 9.17) is 5.73 Å². The number of carbonyl (C=O) groups excluding carboxylic acids is 1. The minimum atomic E-state index is -1.26. The fraction of sp³-hybridized carbons (Fsp3) is 0.222. The lowest BCUT2D eigenvalue weighted by atomic mass is 10.1. The van der Waals surface area contributed by atoms with E-state index in [9.17, 15) is 13.6 Å². The minimum Gasteiger partial charge on any atom is -0.468 e. The maximum atomic E-state index is 13.4. The molecule has 2 N–H and O–H groups in total. The summed E-state index contributed by atoms with van der Waals surface area (Å²) in [4.78, 5) is 11.0. The number of hydrogen-bond acceptors (Lipinski definition) is 3. The molecule has 0 saturated carbocycles. The Morgan fingerprint density at radius 3 is 2.67 bits per heavy atom. The molecule has 0 heterocycles. The highest BCUT2D eigenvalue weighted by Crippen LogP contribution is 2.25. The van der Waals surface area contributed by atoms with Crippen LogP contribution in [0.1, 0.15) is 11.6 Å². The normalized spacial score (nSPS) is 12.3. The molecule has 1 rings (SSSR count). The second kappa shape index (κ2) is 4.67. The average Bonchev–Trinajstić information content (AvgIpc) is 2.24. The number of nitrogens with two attached hydrogens (primary N) is 1. The van der Waals surface area contributed by atoms with Gasteiger partial charge in [-0.05, 0) is 22.0 Å². The zero-order valence-corrected chi connectivity index (χ0v) is 9.35. The summed E-state index contributed by atoms with van der Waals surface area (Å²) in [7, 11) is 1.14. The summed E-state index contributed by atoms with van der Waals surface area (Å²) in [5.74, 6) is -2.44. The molecule has 0 saturated heterocycles. The molecule has 0 aliphatic heterocycles. The Labute approximate surface area is 93.3 Å². The number of carbonyl (C=O) groups is 1. The van der Waals surface area contributed by atoms with E-state index < -0.39 is 23.6 Å². The lowest BCUT2D eigenvalue weighted by Crippen LogP contribution is -2.23. The topological polar surface area (TPSA) is 52.3 Å². The van der Waals surface area contributed by atoms with Gasteiger partial charge in [0.15, 0.2) is 0 Å². The molecule has 0 fully saturated rings. The molecule has 0 radical (unpaired) electrons. The maximum absolute atomic E-state index is 13.4. The molecule has 0 aliphatic rings. The number of benzene rings is 1.